The Morgan fingerprint density at radius 2 is 1.83 bits per heavy atom. The maximum Gasteiger partial charge on any atom is 0.255 e. The van der Waals surface area contributed by atoms with Gasteiger partial charge in [0.25, 0.3) is 5.91 Å². The second kappa shape index (κ2) is 5.68. The molecule has 9 heteroatoms. The summed E-state index contributed by atoms with van der Waals surface area (Å²) in [4.78, 5) is 37.5. The molecule has 4 rings (SSSR count). The molecule has 0 fully saturated rings. The summed E-state index contributed by atoms with van der Waals surface area (Å²) < 4.78 is 0. The molecule has 9 nitrogen and oxygen atoms in total. The molecular formula is C20H19NO8. The van der Waals surface area contributed by atoms with Crippen LogP contribution in [0.4, 0.5) is 0 Å². The fourth-order valence-electron chi connectivity index (χ4n) is 4.87. The summed E-state index contributed by atoms with van der Waals surface area (Å²) >= 11 is 0. The van der Waals surface area contributed by atoms with E-state index in [0.717, 1.165) is 0 Å². The number of carbonyl (C=O) groups is 3. The smallest absolute Gasteiger partial charge is 0.255 e. The molecule has 0 aliphatic heterocycles. The van der Waals surface area contributed by atoms with Crippen LogP contribution in [0.3, 0.4) is 0 Å². The molecule has 1 amide bonds. The fourth-order valence-corrected chi connectivity index (χ4v) is 4.87. The minimum atomic E-state index is -2.66. The highest BCUT2D eigenvalue weighted by Crippen LogP contribution is 2.55. The van der Waals surface area contributed by atoms with Gasteiger partial charge in [0.15, 0.2) is 11.4 Å². The first kappa shape index (κ1) is 19.2. The number of rotatable bonds is 1. The number of phenolic OH excluding ortho intramolecular Hbond substituents is 1. The van der Waals surface area contributed by atoms with Crippen molar-refractivity contribution in [2.75, 3.05) is 0 Å². The monoisotopic (exact) mass is 401 g/mol. The molecule has 7 N–H and O–H groups in total. The quantitative estimate of drug-likeness (QED) is 0.362. The molecule has 0 aromatic heterocycles. The number of ketones is 2. The number of benzene rings is 1. The Hall–Kier alpha value is -3.17. The number of aliphatic hydroxyl groups excluding tert-OH is 2. The van der Waals surface area contributed by atoms with Crippen molar-refractivity contribution >= 4 is 17.5 Å². The number of aliphatic hydroxyl groups is 4. The molecule has 1 aromatic carbocycles. The summed E-state index contributed by atoms with van der Waals surface area (Å²) in [5.41, 5.74) is -0.597. The van der Waals surface area contributed by atoms with E-state index in [9.17, 15) is 39.9 Å². The number of allylic oxidation sites excluding steroid dienone is 1. The topological polar surface area (TPSA) is 178 Å². The maximum atomic E-state index is 13.1. The van der Waals surface area contributed by atoms with Gasteiger partial charge in [0, 0.05) is 23.8 Å². The molecule has 0 saturated heterocycles. The van der Waals surface area contributed by atoms with Crippen LogP contribution in [0, 0.1) is 11.8 Å². The number of Topliss-reactive ketones (excluding diaryl/α,β-unsaturated/α-hetero) is 2. The number of aromatic hydroxyl groups is 1. The van der Waals surface area contributed by atoms with Crippen LogP contribution in [-0.2, 0) is 15.2 Å². The van der Waals surface area contributed by atoms with Gasteiger partial charge in [-0.2, -0.15) is 0 Å². The molecule has 0 radical (unpaired) electrons. The number of phenols is 1. The Morgan fingerprint density at radius 3 is 2.45 bits per heavy atom. The first-order chi connectivity index (χ1) is 13.4. The zero-order chi connectivity index (χ0) is 21.5. The van der Waals surface area contributed by atoms with E-state index >= 15 is 0 Å². The average Bonchev–Trinajstić information content (AvgIpc) is 2.62. The number of hydrogen-bond acceptors (Lipinski definition) is 8. The number of primary amides is 1. The molecular weight excluding hydrogens is 382 g/mol. The average molecular weight is 401 g/mol. The third-order valence-corrected chi connectivity index (χ3v) is 6.36. The van der Waals surface area contributed by atoms with Crippen LogP contribution >= 0.6 is 0 Å². The molecule has 0 spiro atoms. The molecule has 0 heterocycles. The molecule has 3 aliphatic carbocycles. The van der Waals surface area contributed by atoms with Gasteiger partial charge in [-0.05, 0) is 25.0 Å². The summed E-state index contributed by atoms with van der Waals surface area (Å²) in [7, 11) is 0. The fraction of sp³-hybridized carbons (Fsp3) is 0.350. The van der Waals surface area contributed by atoms with E-state index in [4.69, 9.17) is 5.73 Å². The summed E-state index contributed by atoms with van der Waals surface area (Å²) in [6, 6.07) is 4.17. The van der Waals surface area contributed by atoms with Crippen molar-refractivity contribution < 1.29 is 39.9 Å². The highest BCUT2D eigenvalue weighted by Gasteiger charge is 2.62. The Bertz CT molecular complexity index is 1070. The van der Waals surface area contributed by atoms with E-state index in [1.54, 1.807) is 0 Å². The van der Waals surface area contributed by atoms with Crippen molar-refractivity contribution in [3.05, 3.63) is 52.0 Å². The van der Waals surface area contributed by atoms with Crippen LogP contribution in [0.15, 0.2) is 40.9 Å². The molecule has 0 unspecified atom stereocenters. The van der Waals surface area contributed by atoms with Gasteiger partial charge < -0.3 is 31.3 Å². The summed E-state index contributed by atoms with van der Waals surface area (Å²) in [5, 5.41) is 53.5. The van der Waals surface area contributed by atoms with E-state index in [2.05, 4.69) is 0 Å². The third kappa shape index (κ3) is 2.19. The van der Waals surface area contributed by atoms with Gasteiger partial charge in [-0.15, -0.1) is 0 Å². The van der Waals surface area contributed by atoms with Crippen molar-refractivity contribution in [1.82, 2.24) is 0 Å². The second-order valence-electron chi connectivity index (χ2n) is 7.91. The number of fused-ring (bicyclic) bond motifs is 3. The third-order valence-electron chi connectivity index (χ3n) is 6.36. The Labute approximate surface area is 164 Å². The van der Waals surface area contributed by atoms with Crippen LogP contribution < -0.4 is 5.73 Å². The van der Waals surface area contributed by atoms with Crippen LogP contribution in [-0.4, -0.2) is 48.6 Å². The van der Waals surface area contributed by atoms with Crippen LogP contribution in [0.5, 0.6) is 5.75 Å². The molecule has 3 aliphatic rings. The highest BCUT2D eigenvalue weighted by molar-refractivity contribution is 6.24. The van der Waals surface area contributed by atoms with Crippen molar-refractivity contribution in [2.24, 2.45) is 17.6 Å². The standard InChI is InChI=1S/C20H19NO8/c1-19(28)8-3-2-4-10(22)12(8)15(24)13-9(19)5-7-6-11(23)14(18(21)27)17(26)20(7,29)16(13)25/h2-4,7,9,22-23,25,28-29H,5-6H2,1H3,(H2,21,27)/t7-,9-,19-,20-/m0/s1. The zero-order valence-corrected chi connectivity index (χ0v) is 15.3. The second-order valence-corrected chi connectivity index (χ2v) is 7.91. The van der Waals surface area contributed by atoms with E-state index in [-0.39, 0.29) is 24.0 Å². The zero-order valence-electron chi connectivity index (χ0n) is 15.3. The molecule has 152 valence electrons. The first-order valence-corrected chi connectivity index (χ1v) is 8.96. The van der Waals surface area contributed by atoms with E-state index in [1.165, 1.54) is 25.1 Å². The lowest BCUT2D eigenvalue weighted by Gasteiger charge is -2.49. The number of amides is 1. The van der Waals surface area contributed by atoms with Crippen LogP contribution in [0.2, 0.25) is 0 Å². The van der Waals surface area contributed by atoms with Gasteiger partial charge in [0.2, 0.25) is 5.78 Å². The lowest BCUT2D eigenvalue weighted by Crippen LogP contribution is -2.59. The van der Waals surface area contributed by atoms with E-state index < -0.39 is 68.9 Å². The van der Waals surface area contributed by atoms with Gasteiger partial charge >= 0.3 is 0 Å². The van der Waals surface area contributed by atoms with E-state index in [0.29, 0.717) is 0 Å². The van der Waals surface area contributed by atoms with Crippen molar-refractivity contribution in [1.29, 1.82) is 0 Å². The lowest BCUT2D eigenvalue weighted by atomic mass is 9.56. The Balaban J connectivity index is 1.99. The molecule has 0 bridgehead atoms. The van der Waals surface area contributed by atoms with Gasteiger partial charge in [0.05, 0.1) is 11.2 Å². The summed E-state index contributed by atoms with van der Waals surface area (Å²) in [6.45, 7) is 1.40. The van der Waals surface area contributed by atoms with Crippen LogP contribution in [0.1, 0.15) is 35.7 Å². The minimum absolute atomic E-state index is 0.147. The Kier molecular flexibility index (Phi) is 3.75. The highest BCUT2D eigenvalue weighted by atomic mass is 16.3. The minimum Gasteiger partial charge on any atom is -0.511 e. The molecule has 4 atom stereocenters. The maximum absolute atomic E-state index is 13.1. The predicted molar refractivity (Wildman–Crippen MR) is 96.7 cm³/mol. The first-order valence-electron chi connectivity index (χ1n) is 8.96. The summed E-state index contributed by atoms with van der Waals surface area (Å²) in [5.74, 6) is -7.60. The van der Waals surface area contributed by atoms with Crippen LogP contribution in [0.25, 0.3) is 0 Å². The van der Waals surface area contributed by atoms with Gasteiger partial charge in [-0.3, -0.25) is 14.4 Å². The summed E-state index contributed by atoms with van der Waals surface area (Å²) in [6.07, 6.45) is -0.503. The van der Waals surface area contributed by atoms with Gasteiger partial charge in [-0.1, -0.05) is 12.1 Å². The number of nitrogens with two attached hydrogens (primary N) is 1. The molecule has 1 aromatic rings. The van der Waals surface area contributed by atoms with E-state index in [1.807, 2.05) is 0 Å². The number of hydrogen-bond donors (Lipinski definition) is 6. The van der Waals surface area contributed by atoms with Gasteiger partial charge in [-0.25, -0.2) is 0 Å². The van der Waals surface area contributed by atoms with Gasteiger partial charge in [0.1, 0.15) is 22.8 Å². The number of carbonyl (C=O) groups excluding carboxylic acids is 3. The Morgan fingerprint density at radius 1 is 1.17 bits per heavy atom. The predicted octanol–water partition coefficient (Wildman–Crippen LogP) is 0.245. The lowest BCUT2D eigenvalue weighted by molar-refractivity contribution is -0.147. The van der Waals surface area contributed by atoms with Crippen molar-refractivity contribution in [3.8, 4) is 5.75 Å². The molecule has 29 heavy (non-hydrogen) atoms. The normalized spacial score (nSPS) is 33.9. The SMILES string of the molecule is C[C@]1(O)c2cccc(O)c2C(=O)C2=C(O)[C@]3(O)C(=O)C(C(N)=O)=C(O)C[C@@H]3C[C@@H]21. The largest absolute Gasteiger partial charge is 0.511 e. The van der Waals surface area contributed by atoms with Crippen molar-refractivity contribution in [2.45, 2.75) is 31.0 Å². The molecule has 0 saturated carbocycles. The van der Waals surface area contributed by atoms with Crippen molar-refractivity contribution in [3.63, 3.8) is 0 Å².